The van der Waals surface area contributed by atoms with Crippen molar-refractivity contribution in [3.05, 3.63) is 29.8 Å². The van der Waals surface area contributed by atoms with Crippen molar-refractivity contribution in [3.8, 4) is 0 Å². The van der Waals surface area contributed by atoms with Crippen LogP contribution in [0.4, 0.5) is 0 Å². The third-order valence-corrected chi connectivity index (χ3v) is 3.40. The molecule has 102 valence electrons. The van der Waals surface area contributed by atoms with Crippen molar-refractivity contribution in [2.45, 2.75) is 24.5 Å². The van der Waals surface area contributed by atoms with Gasteiger partial charge in [0.2, 0.25) is 0 Å². The lowest BCUT2D eigenvalue weighted by molar-refractivity contribution is -0.106. The van der Waals surface area contributed by atoms with Gasteiger partial charge in [-0.2, -0.15) is 0 Å². The summed E-state index contributed by atoms with van der Waals surface area (Å²) in [5.74, 6) is 0.983. The van der Waals surface area contributed by atoms with Crippen molar-refractivity contribution in [1.82, 2.24) is 0 Å². The van der Waals surface area contributed by atoms with Gasteiger partial charge in [0.05, 0.1) is 6.61 Å². The zero-order chi connectivity index (χ0) is 13.2. The Morgan fingerprint density at radius 2 is 1.72 bits per heavy atom. The normalized spacial score (nSPS) is 11.1. The average molecular weight is 270 g/mol. The van der Waals surface area contributed by atoms with Crippen LogP contribution in [-0.2, 0) is 14.2 Å². The molecule has 1 aromatic carbocycles. The number of thioether (sulfide) groups is 1. The van der Waals surface area contributed by atoms with Gasteiger partial charge in [0.15, 0.2) is 6.29 Å². The Labute approximate surface area is 114 Å². The second kappa shape index (κ2) is 9.39. The maximum atomic E-state index is 5.44. The molecule has 0 fully saturated rings. The summed E-state index contributed by atoms with van der Waals surface area (Å²) in [6, 6.07) is 8.25. The molecule has 0 amide bonds. The third-order valence-electron chi connectivity index (χ3n) is 2.43. The number of ether oxygens (including phenoxy) is 3. The summed E-state index contributed by atoms with van der Waals surface area (Å²) < 4.78 is 15.8. The Morgan fingerprint density at radius 1 is 1.06 bits per heavy atom. The Bertz CT molecular complexity index is 309. The summed E-state index contributed by atoms with van der Waals surface area (Å²) in [7, 11) is 3.28. The molecule has 0 unspecified atom stereocenters. The first-order chi connectivity index (χ1) is 8.81. The van der Waals surface area contributed by atoms with Crippen LogP contribution in [0.25, 0.3) is 0 Å². The van der Waals surface area contributed by atoms with E-state index in [1.54, 1.807) is 26.0 Å². The van der Waals surface area contributed by atoms with Gasteiger partial charge in [-0.05, 0) is 18.6 Å². The molecular formula is C14H22O3S. The molecule has 0 aliphatic heterocycles. The van der Waals surface area contributed by atoms with Gasteiger partial charge in [-0.15, -0.1) is 11.8 Å². The molecule has 0 saturated carbocycles. The zero-order valence-electron chi connectivity index (χ0n) is 11.3. The van der Waals surface area contributed by atoms with Gasteiger partial charge in [0, 0.05) is 37.0 Å². The smallest absolute Gasteiger partial charge is 0.183 e. The molecular weight excluding hydrogens is 248 g/mol. The topological polar surface area (TPSA) is 27.7 Å². The summed E-state index contributed by atoms with van der Waals surface area (Å²) in [6.07, 6.45) is 0.798. The lowest BCUT2D eigenvalue weighted by atomic mass is 10.2. The first kappa shape index (κ1) is 15.5. The molecule has 18 heavy (non-hydrogen) atoms. The number of hydrogen-bond donors (Lipinski definition) is 0. The maximum Gasteiger partial charge on any atom is 0.183 e. The highest BCUT2D eigenvalue weighted by Crippen LogP contribution is 2.22. The summed E-state index contributed by atoms with van der Waals surface area (Å²) in [4.78, 5) is 1.24. The minimum atomic E-state index is -0.281. The van der Waals surface area contributed by atoms with Crippen LogP contribution in [0, 0.1) is 0 Å². The van der Waals surface area contributed by atoms with Gasteiger partial charge in [0.1, 0.15) is 0 Å². The van der Waals surface area contributed by atoms with Crippen LogP contribution in [0.1, 0.15) is 25.2 Å². The molecule has 1 aromatic rings. The summed E-state index contributed by atoms with van der Waals surface area (Å²) >= 11 is 1.80. The molecule has 0 aliphatic carbocycles. The van der Waals surface area contributed by atoms with E-state index in [0.717, 1.165) is 31.0 Å². The number of hydrogen-bond acceptors (Lipinski definition) is 4. The number of rotatable bonds is 9. The highest BCUT2D eigenvalue weighted by Gasteiger charge is 2.07. The molecule has 1 rings (SSSR count). The van der Waals surface area contributed by atoms with E-state index in [9.17, 15) is 0 Å². The van der Waals surface area contributed by atoms with Crippen molar-refractivity contribution in [3.63, 3.8) is 0 Å². The van der Waals surface area contributed by atoms with E-state index < -0.39 is 0 Å². The first-order valence-corrected chi connectivity index (χ1v) is 7.16. The Kier molecular flexibility index (Phi) is 8.09. The predicted octanol–water partition coefficient (Wildman–Crippen LogP) is 3.50. The fraction of sp³-hybridized carbons (Fsp3) is 0.571. The van der Waals surface area contributed by atoms with Gasteiger partial charge in [-0.25, -0.2) is 0 Å². The van der Waals surface area contributed by atoms with Crippen LogP contribution in [0.3, 0.4) is 0 Å². The van der Waals surface area contributed by atoms with Crippen molar-refractivity contribution in [2.24, 2.45) is 0 Å². The van der Waals surface area contributed by atoms with Crippen molar-refractivity contribution in [2.75, 3.05) is 33.2 Å². The summed E-state index contributed by atoms with van der Waals surface area (Å²) in [6.45, 7) is 3.77. The summed E-state index contributed by atoms with van der Waals surface area (Å²) in [5.41, 5.74) is 1.03. The van der Waals surface area contributed by atoms with E-state index in [4.69, 9.17) is 14.2 Å². The second-order valence-electron chi connectivity index (χ2n) is 3.83. The van der Waals surface area contributed by atoms with Gasteiger partial charge >= 0.3 is 0 Å². The molecule has 0 aromatic heterocycles. The maximum absolute atomic E-state index is 5.44. The molecule has 0 radical (unpaired) electrons. The van der Waals surface area contributed by atoms with Gasteiger partial charge in [-0.3, -0.25) is 0 Å². The SMILES string of the molecule is CCCOCCSc1ccc(C(OC)OC)cc1. The first-order valence-electron chi connectivity index (χ1n) is 6.18. The molecule has 3 nitrogen and oxygen atoms in total. The summed E-state index contributed by atoms with van der Waals surface area (Å²) in [5, 5.41) is 0. The molecule has 0 N–H and O–H groups in total. The Balaban J connectivity index is 2.35. The zero-order valence-corrected chi connectivity index (χ0v) is 12.2. The van der Waals surface area contributed by atoms with Crippen LogP contribution >= 0.6 is 11.8 Å². The van der Waals surface area contributed by atoms with Crippen molar-refractivity contribution in [1.29, 1.82) is 0 Å². The predicted molar refractivity (Wildman–Crippen MR) is 75.0 cm³/mol. The van der Waals surface area contributed by atoms with E-state index in [-0.39, 0.29) is 6.29 Å². The van der Waals surface area contributed by atoms with Gasteiger partial charge in [-0.1, -0.05) is 19.1 Å². The number of methoxy groups -OCH3 is 2. The minimum Gasteiger partial charge on any atom is -0.381 e. The molecule has 4 heteroatoms. The molecule has 0 bridgehead atoms. The lowest BCUT2D eigenvalue weighted by Crippen LogP contribution is -2.03. The molecule has 0 spiro atoms. The van der Waals surface area contributed by atoms with Crippen LogP contribution in [-0.4, -0.2) is 33.2 Å². The largest absolute Gasteiger partial charge is 0.381 e. The quantitative estimate of drug-likeness (QED) is 0.390. The van der Waals surface area contributed by atoms with Crippen LogP contribution in [0.2, 0.25) is 0 Å². The van der Waals surface area contributed by atoms with Crippen molar-refractivity contribution >= 4 is 11.8 Å². The van der Waals surface area contributed by atoms with E-state index in [1.807, 2.05) is 12.1 Å². The molecule has 0 atom stereocenters. The molecule has 0 saturated heterocycles. The minimum absolute atomic E-state index is 0.281. The van der Waals surface area contributed by atoms with Gasteiger partial charge in [0.25, 0.3) is 0 Å². The Morgan fingerprint density at radius 3 is 2.28 bits per heavy atom. The second-order valence-corrected chi connectivity index (χ2v) is 5.00. The third kappa shape index (κ3) is 5.40. The Hall–Kier alpha value is -0.550. The van der Waals surface area contributed by atoms with E-state index in [1.165, 1.54) is 4.90 Å². The van der Waals surface area contributed by atoms with Crippen LogP contribution in [0.5, 0.6) is 0 Å². The van der Waals surface area contributed by atoms with E-state index in [2.05, 4.69) is 19.1 Å². The fourth-order valence-corrected chi connectivity index (χ4v) is 2.32. The molecule has 0 heterocycles. The van der Waals surface area contributed by atoms with Gasteiger partial charge < -0.3 is 14.2 Å². The van der Waals surface area contributed by atoms with Crippen LogP contribution < -0.4 is 0 Å². The highest BCUT2D eigenvalue weighted by atomic mass is 32.2. The van der Waals surface area contributed by atoms with E-state index in [0.29, 0.717) is 0 Å². The number of benzene rings is 1. The fourth-order valence-electron chi connectivity index (χ4n) is 1.55. The molecule has 0 aliphatic rings. The standard InChI is InChI=1S/C14H22O3S/c1-4-9-17-10-11-18-13-7-5-12(6-8-13)14(15-2)16-3/h5-8,14H,4,9-11H2,1-3H3. The van der Waals surface area contributed by atoms with E-state index >= 15 is 0 Å². The van der Waals surface area contributed by atoms with Crippen LogP contribution in [0.15, 0.2) is 29.2 Å². The monoisotopic (exact) mass is 270 g/mol. The van der Waals surface area contributed by atoms with Crippen molar-refractivity contribution < 1.29 is 14.2 Å². The highest BCUT2D eigenvalue weighted by molar-refractivity contribution is 7.99. The average Bonchev–Trinajstić information content (AvgIpc) is 2.41. The lowest BCUT2D eigenvalue weighted by Gasteiger charge is -2.13.